The van der Waals surface area contributed by atoms with Crippen molar-refractivity contribution in [2.24, 2.45) is 11.1 Å². The predicted molar refractivity (Wildman–Crippen MR) is 76.4 cm³/mol. The molecule has 2 rings (SSSR count). The van der Waals surface area contributed by atoms with Gasteiger partial charge in [-0.3, -0.25) is 4.79 Å². The van der Waals surface area contributed by atoms with Gasteiger partial charge in [0.2, 0.25) is 0 Å². The molecule has 1 aromatic rings. The van der Waals surface area contributed by atoms with Crippen LogP contribution in [0, 0.1) is 5.41 Å². The van der Waals surface area contributed by atoms with E-state index >= 15 is 0 Å². The average molecular weight is 311 g/mol. The molecule has 0 bridgehead atoms. The number of carbonyl (C=O) groups is 1. The lowest BCUT2D eigenvalue weighted by atomic mass is 9.78. The maximum absolute atomic E-state index is 12.4. The molecule has 1 unspecified atom stereocenters. The fourth-order valence-corrected chi connectivity index (χ4v) is 2.63. The SMILES string of the molecule is CC1(C)CCN(C(=O)c2ccccc2Br)CC1N. The molecule has 0 spiro atoms. The summed E-state index contributed by atoms with van der Waals surface area (Å²) in [5.74, 6) is 0.0634. The summed E-state index contributed by atoms with van der Waals surface area (Å²) in [5.41, 5.74) is 6.98. The van der Waals surface area contributed by atoms with Crippen LogP contribution in [0.15, 0.2) is 28.7 Å². The van der Waals surface area contributed by atoms with Crippen molar-refractivity contribution in [2.45, 2.75) is 26.3 Å². The summed E-state index contributed by atoms with van der Waals surface area (Å²) >= 11 is 3.42. The second-order valence-electron chi connectivity index (χ2n) is 5.58. The van der Waals surface area contributed by atoms with E-state index in [0.29, 0.717) is 12.1 Å². The molecule has 2 N–H and O–H groups in total. The molecule has 1 fully saturated rings. The van der Waals surface area contributed by atoms with Crippen molar-refractivity contribution in [1.29, 1.82) is 0 Å². The molecule has 1 aromatic carbocycles. The summed E-state index contributed by atoms with van der Waals surface area (Å²) in [6.07, 6.45) is 0.949. The number of hydrogen-bond acceptors (Lipinski definition) is 2. The Balaban J connectivity index is 2.15. The fraction of sp³-hybridized carbons (Fsp3) is 0.500. The molecule has 1 atom stereocenters. The van der Waals surface area contributed by atoms with E-state index < -0.39 is 0 Å². The number of rotatable bonds is 1. The summed E-state index contributed by atoms with van der Waals surface area (Å²) < 4.78 is 0.841. The number of likely N-dealkylation sites (tertiary alicyclic amines) is 1. The first-order valence-corrected chi connectivity index (χ1v) is 7.00. The Morgan fingerprint density at radius 1 is 1.44 bits per heavy atom. The van der Waals surface area contributed by atoms with Gasteiger partial charge in [-0.15, -0.1) is 0 Å². The smallest absolute Gasteiger partial charge is 0.255 e. The van der Waals surface area contributed by atoms with Gasteiger partial charge >= 0.3 is 0 Å². The molecule has 1 saturated heterocycles. The second-order valence-corrected chi connectivity index (χ2v) is 6.43. The third-order valence-electron chi connectivity index (χ3n) is 3.84. The zero-order valence-electron chi connectivity index (χ0n) is 10.8. The van der Waals surface area contributed by atoms with Crippen molar-refractivity contribution < 1.29 is 4.79 Å². The van der Waals surface area contributed by atoms with Crippen LogP contribution in [0.2, 0.25) is 0 Å². The number of amides is 1. The molecular weight excluding hydrogens is 292 g/mol. The highest BCUT2D eigenvalue weighted by Gasteiger charge is 2.35. The van der Waals surface area contributed by atoms with Crippen LogP contribution in [-0.2, 0) is 0 Å². The summed E-state index contributed by atoms with van der Waals surface area (Å²) in [6, 6.07) is 7.56. The Kier molecular flexibility index (Phi) is 3.78. The topological polar surface area (TPSA) is 46.3 Å². The maximum Gasteiger partial charge on any atom is 0.255 e. The number of benzene rings is 1. The zero-order valence-corrected chi connectivity index (χ0v) is 12.4. The molecule has 1 aliphatic heterocycles. The van der Waals surface area contributed by atoms with E-state index in [9.17, 15) is 4.79 Å². The number of nitrogens with zero attached hydrogens (tertiary/aromatic N) is 1. The van der Waals surface area contributed by atoms with Gasteiger partial charge in [-0.05, 0) is 39.9 Å². The number of carbonyl (C=O) groups excluding carboxylic acids is 1. The van der Waals surface area contributed by atoms with Gasteiger partial charge in [-0.25, -0.2) is 0 Å². The maximum atomic E-state index is 12.4. The Bertz CT molecular complexity index is 459. The van der Waals surface area contributed by atoms with Crippen LogP contribution in [0.25, 0.3) is 0 Å². The van der Waals surface area contributed by atoms with Gasteiger partial charge < -0.3 is 10.6 Å². The van der Waals surface area contributed by atoms with Crippen LogP contribution in [0.1, 0.15) is 30.6 Å². The fourth-order valence-electron chi connectivity index (χ4n) is 2.17. The lowest BCUT2D eigenvalue weighted by molar-refractivity contribution is 0.0574. The van der Waals surface area contributed by atoms with Gasteiger partial charge in [0.15, 0.2) is 0 Å². The lowest BCUT2D eigenvalue weighted by Crippen LogP contribution is -2.54. The van der Waals surface area contributed by atoms with Crippen molar-refractivity contribution in [3.63, 3.8) is 0 Å². The quantitative estimate of drug-likeness (QED) is 0.867. The van der Waals surface area contributed by atoms with E-state index in [-0.39, 0.29) is 17.4 Å². The molecule has 0 radical (unpaired) electrons. The van der Waals surface area contributed by atoms with Crippen molar-refractivity contribution in [2.75, 3.05) is 13.1 Å². The van der Waals surface area contributed by atoms with Gasteiger partial charge in [-0.1, -0.05) is 26.0 Å². The van der Waals surface area contributed by atoms with Gasteiger partial charge in [0.05, 0.1) is 5.56 Å². The van der Waals surface area contributed by atoms with Gasteiger partial charge in [0.25, 0.3) is 5.91 Å². The zero-order chi connectivity index (χ0) is 13.3. The molecule has 1 aliphatic rings. The second kappa shape index (κ2) is 5.02. The highest BCUT2D eigenvalue weighted by molar-refractivity contribution is 9.10. The third-order valence-corrected chi connectivity index (χ3v) is 4.53. The number of hydrogen-bond donors (Lipinski definition) is 1. The first-order valence-electron chi connectivity index (χ1n) is 6.21. The summed E-state index contributed by atoms with van der Waals surface area (Å²) in [4.78, 5) is 14.3. The predicted octanol–water partition coefficient (Wildman–Crippen LogP) is 2.65. The molecule has 3 nitrogen and oxygen atoms in total. The largest absolute Gasteiger partial charge is 0.337 e. The van der Waals surface area contributed by atoms with Crippen molar-refractivity contribution in [3.05, 3.63) is 34.3 Å². The Labute approximate surface area is 116 Å². The van der Waals surface area contributed by atoms with Crippen LogP contribution in [-0.4, -0.2) is 29.9 Å². The number of piperidine rings is 1. The van der Waals surface area contributed by atoms with Crippen LogP contribution >= 0.6 is 15.9 Å². The number of halogens is 1. The van der Waals surface area contributed by atoms with Gasteiger partial charge in [0, 0.05) is 23.6 Å². The summed E-state index contributed by atoms with van der Waals surface area (Å²) in [6.45, 7) is 5.74. The first kappa shape index (κ1) is 13.6. The van der Waals surface area contributed by atoms with E-state index in [1.807, 2.05) is 29.2 Å². The van der Waals surface area contributed by atoms with Crippen LogP contribution in [0.3, 0.4) is 0 Å². The van der Waals surface area contributed by atoms with E-state index in [1.165, 1.54) is 0 Å². The van der Waals surface area contributed by atoms with Gasteiger partial charge in [-0.2, -0.15) is 0 Å². The molecule has 98 valence electrons. The monoisotopic (exact) mass is 310 g/mol. The minimum absolute atomic E-state index is 0.0395. The minimum atomic E-state index is 0.0395. The van der Waals surface area contributed by atoms with Crippen LogP contribution < -0.4 is 5.73 Å². The molecule has 1 amide bonds. The standard InChI is InChI=1S/C14H19BrN2O/c1-14(2)7-8-17(9-12(14)16)13(18)10-5-3-4-6-11(10)15/h3-6,12H,7-9,16H2,1-2H3. The van der Waals surface area contributed by atoms with E-state index in [4.69, 9.17) is 5.73 Å². The third kappa shape index (κ3) is 2.59. The molecular formula is C14H19BrN2O. The number of nitrogens with two attached hydrogens (primary N) is 1. The minimum Gasteiger partial charge on any atom is -0.337 e. The molecule has 0 aliphatic carbocycles. The Morgan fingerprint density at radius 3 is 2.72 bits per heavy atom. The van der Waals surface area contributed by atoms with Gasteiger partial charge in [0.1, 0.15) is 0 Å². The Morgan fingerprint density at radius 2 is 2.11 bits per heavy atom. The lowest BCUT2D eigenvalue weighted by Gasteiger charge is -2.42. The van der Waals surface area contributed by atoms with E-state index in [0.717, 1.165) is 17.4 Å². The highest BCUT2D eigenvalue weighted by Crippen LogP contribution is 2.30. The van der Waals surface area contributed by atoms with Crippen LogP contribution in [0.5, 0.6) is 0 Å². The molecule has 1 heterocycles. The van der Waals surface area contributed by atoms with E-state index in [1.54, 1.807) is 0 Å². The highest BCUT2D eigenvalue weighted by atomic mass is 79.9. The van der Waals surface area contributed by atoms with E-state index in [2.05, 4.69) is 29.8 Å². The molecule has 0 saturated carbocycles. The van der Waals surface area contributed by atoms with Crippen molar-refractivity contribution >= 4 is 21.8 Å². The normalized spacial score (nSPS) is 22.9. The summed E-state index contributed by atoms with van der Waals surface area (Å²) in [5, 5.41) is 0. The van der Waals surface area contributed by atoms with Crippen LogP contribution in [0.4, 0.5) is 0 Å². The van der Waals surface area contributed by atoms with Crippen molar-refractivity contribution in [3.8, 4) is 0 Å². The average Bonchev–Trinajstić information content (AvgIpc) is 2.32. The Hall–Kier alpha value is -0.870. The molecule has 0 aromatic heterocycles. The molecule has 18 heavy (non-hydrogen) atoms. The molecule has 4 heteroatoms. The first-order chi connectivity index (χ1) is 8.42. The van der Waals surface area contributed by atoms with Crippen molar-refractivity contribution in [1.82, 2.24) is 4.90 Å². The summed E-state index contributed by atoms with van der Waals surface area (Å²) in [7, 11) is 0.